The van der Waals surface area contributed by atoms with E-state index in [0.717, 1.165) is 5.56 Å². The Morgan fingerprint density at radius 1 is 1.26 bits per heavy atom. The highest BCUT2D eigenvalue weighted by atomic mass is 35.5. The number of halogens is 2. The number of furan rings is 1. The molecule has 0 radical (unpaired) electrons. The summed E-state index contributed by atoms with van der Waals surface area (Å²) in [6.07, 6.45) is 2.78. The molecule has 0 spiro atoms. The van der Waals surface area contributed by atoms with E-state index in [1.54, 1.807) is 30.3 Å². The molecule has 0 bridgehead atoms. The molecule has 19 heavy (non-hydrogen) atoms. The molecule has 4 nitrogen and oxygen atoms in total. The molecule has 3 N–H and O–H groups in total. The number of carbonyl (C=O) groups is 1. The molecular weight excluding hydrogens is 287 g/mol. The van der Waals surface area contributed by atoms with Gasteiger partial charge in [-0.3, -0.25) is 10.2 Å². The van der Waals surface area contributed by atoms with Crippen molar-refractivity contribution in [1.29, 1.82) is 0 Å². The summed E-state index contributed by atoms with van der Waals surface area (Å²) in [6.45, 7) is 0. The molecule has 2 aromatic rings. The van der Waals surface area contributed by atoms with Gasteiger partial charge < -0.3 is 4.42 Å². The van der Waals surface area contributed by atoms with Crippen LogP contribution in [-0.2, 0) is 4.79 Å². The summed E-state index contributed by atoms with van der Waals surface area (Å²) in [7, 11) is 0. The summed E-state index contributed by atoms with van der Waals surface area (Å²) in [6, 6.07) is 8.61. The summed E-state index contributed by atoms with van der Waals surface area (Å²) in [5.74, 6) is 5.65. The second kappa shape index (κ2) is 5.93. The van der Waals surface area contributed by atoms with E-state index in [4.69, 9.17) is 33.5 Å². The number of nitrogens with one attached hydrogen (secondary N) is 1. The number of hydrogen-bond acceptors (Lipinski definition) is 3. The van der Waals surface area contributed by atoms with Gasteiger partial charge in [0, 0.05) is 16.7 Å². The highest BCUT2D eigenvalue weighted by Crippen LogP contribution is 2.31. The number of rotatable bonds is 3. The largest absolute Gasteiger partial charge is 0.457 e. The van der Waals surface area contributed by atoms with E-state index in [0.29, 0.717) is 21.6 Å². The molecule has 0 aliphatic heterocycles. The maximum absolute atomic E-state index is 11.0. The molecular formula is C13H10Cl2N2O2. The first-order valence-corrected chi connectivity index (χ1v) is 6.09. The van der Waals surface area contributed by atoms with Crippen LogP contribution in [0.15, 0.2) is 40.8 Å². The van der Waals surface area contributed by atoms with Crippen molar-refractivity contribution >= 4 is 35.2 Å². The van der Waals surface area contributed by atoms with Gasteiger partial charge in [-0.1, -0.05) is 23.2 Å². The molecule has 1 aromatic carbocycles. The number of amides is 1. The molecule has 98 valence electrons. The summed E-state index contributed by atoms with van der Waals surface area (Å²) in [5.41, 5.74) is 2.72. The van der Waals surface area contributed by atoms with Crippen LogP contribution in [0.1, 0.15) is 5.76 Å². The quantitative estimate of drug-likeness (QED) is 0.395. The van der Waals surface area contributed by atoms with Crippen LogP contribution in [0.5, 0.6) is 0 Å². The maximum Gasteiger partial charge on any atom is 0.258 e. The van der Waals surface area contributed by atoms with E-state index >= 15 is 0 Å². The van der Waals surface area contributed by atoms with Crippen molar-refractivity contribution in [2.75, 3.05) is 0 Å². The standard InChI is InChI=1S/C13H10Cl2N2O2/c14-8-1-4-10(11(15)7-8)12-5-2-9(19-12)3-6-13(18)17-16/h1-7H,16H2,(H,17,18)/b6-3+. The zero-order chi connectivity index (χ0) is 13.8. The lowest BCUT2D eigenvalue weighted by molar-refractivity contribution is -0.116. The number of hydrogen-bond donors (Lipinski definition) is 2. The fraction of sp³-hybridized carbons (Fsp3) is 0. The predicted molar refractivity (Wildman–Crippen MR) is 75.5 cm³/mol. The van der Waals surface area contributed by atoms with Crippen LogP contribution in [0.3, 0.4) is 0 Å². The minimum Gasteiger partial charge on any atom is -0.457 e. The first kappa shape index (κ1) is 13.7. The van der Waals surface area contributed by atoms with Gasteiger partial charge in [0.15, 0.2) is 0 Å². The van der Waals surface area contributed by atoms with E-state index in [2.05, 4.69) is 0 Å². The summed E-state index contributed by atoms with van der Waals surface area (Å²) in [4.78, 5) is 11.0. The molecule has 0 saturated heterocycles. The molecule has 0 aliphatic rings. The zero-order valence-corrected chi connectivity index (χ0v) is 11.2. The van der Waals surface area contributed by atoms with E-state index in [1.807, 2.05) is 5.43 Å². The van der Waals surface area contributed by atoms with Gasteiger partial charge in [-0.2, -0.15) is 0 Å². The van der Waals surface area contributed by atoms with Crippen LogP contribution in [0.2, 0.25) is 10.0 Å². The topological polar surface area (TPSA) is 68.3 Å². The van der Waals surface area contributed by atoms with Crippen LogP contribution < -0.4 is 11.3 Å². The average molecular weight is 297 g/mol. The zero-order valence-electron chi connectivity index (χ0n) is 9.69. The van der Waals surface area contributed by atoms with Crippen LogP contribution in [0, 0.1) is 0 Å². The van der Waals surface area contributed by atoms with Crippen LogP contribution in [-0.4, -0.2) is 5.91 Å². The Kier molecular flexibility index (Phi) is 4.27. The van der Waals surface area contributed by atoms with Crippen molar-refractivity contribution in [1.82, 2.24) is 5.43 Å². The second-order valence-corrected chi connectivity index (χ2v) is 4.51. The van der Waals surface area contributed by atoms with Gasteiger partial charge in [0.05, 0.1) is 5.02 Å². The summed E-state index contributed by atoms with van der Waals surface area (Å²) >= 11 is 11.9. The Hall–Kier alpha value is -1.75. The van der Waals surface area contributed by atoms with Gasteiger partial charge in [-0.05, 0) is 36.4 Å². The number of carbonyl (C=O) groups excluding carboxylic acids is 1. The third-order valence-corrected chi connectivity index (χ3v) is 2.91. The minimum absolute atomic E-state index is 0.414. The van der Waals surface area contributed by atoms with Gasteiger partial charge in [0.25, 0.3) is 5.91 Å². The Bertz CT molecular complexity index is 635. The van der Waals surface area contributed by atoms with Crippen molar-refractivity contribution in [2.45, 2.75) is 0 Å². The van der Waals surface area contributed by atoms with Gasteiger partial charge in [0.2, 0.25) is 0 Å². The third-order valence-electron chi connectivity index (χ3n) is 2.36. The minimum atomic E-state index is -0.414. The first-order chi connectivity index (χ1) is 9.10. The molecule has 2 rings (SSSR count). The fourth-order valence-electron chi connectivity index (χ4n) is 1.48. The predicted octanol–water partition coefficient (Wildman–Crippen LogP) is 3.26. The second-order valence-electron chi connectivity index (χ2n) is 3.67. The number of hydrazine groups is 1. The van der Waals surface area contributed by atoms with E-state index in [9.17, 15) is 4.79 Å². The van der Waals surface area contributed by atoms with E-state index < -0.39 is 5.91 Å². The summed E-state index contributed by atoms with van der Waals surface area (Å²) in [5, 5.41) is 1.05. The van der Waals surface area contributed by atoms with Crippen molar-refractivity contribution < 1.29 is 9.21 Å². The van der Waals surface area contributed by atoms with Crippen LogP contribution in [0.4, 0.5) is 0 Å². The lowest BCUT2D eigenvalue weighted by atomic mass is 10.2. The molecule has 1 amide bonds. The number of nitrogens with two attached hydrogens (primary N) is 1. The smallest absolute Gasteiger partial charge is 0.258 e. The molecule has 0 fully saturated rings. The third kappa shape index (κ3) is 3.38. The Balaban J connectivity index is 2.26. The molecule has 1 aromatic heterocycles. The average Bonchev–Trinajstić information content (AvgIpc) is 2.84. The molecule has 6 heteroatoms. The van der Waals surface area contributed by atoms with E-state index in [-0.39, 0.29) is 0 Å². The molecule has 0 saturated carbocycles. The SMILES string of the molecule is NNC(=O)/C=C/c1ccc(-c2ccc(Cl)cc2Cl)o1. The van der Waals surface area contributed by atoms with Gasteiger partial charge in [-0.25, -0.2) is 5.84 Å². The van der Waals surface area contributed by atoms with Crippen molar-refractivity contribution in [3.05, 3.63) is 52.2 Å². The Morgan fingerprint density at radius 3 is 2.74 bits per heavy atom. The van der Waals surface area contributed by atoms with E-state index in [1.165, 1.54) is 12.2 Å². The van der Waals surface area contributed by atoms with Crippen molar-refractivity contribution in [3.8, 4) is 11.3 Å². The molecule has 1 heterocycles. The van der Waals surface area contributed by atoms with Gasteiger partial charge >= 0.3 is 0 Å². The summed E-state index contributed by atoms with van der Waals surface area (Å²) < 4.78 is 5.55. The van der Waals surface area contributed by atoms with Crippen molar-refractivity contribution in [2.24, 2.45) is 5.84 Å². The molecule has 0 atom stereocenters. The highest BCUT2D eigenvalue weighted by molar-refractivity contribution is 6.36. The van der Waals surface area contributed by atoms with Crippen LogP contribution >= 0.6 is 23.2 Å². The monoisotopic (exact) mass is 296 g/mol. The first-order valence-electron chi connectivity index (χ1n) is 5.34. The van der Waals surface area contributed by atoms with Crippen molar-refractivity contribution in [3.63, 3.8) is 0 Å². The maximum atomic E-state index is 11.0. The lowest BCUT2D eigenvalue weighted by Gasteiger charge is -2.00. The lowest BCUT2D eigenvalue weighted by Crippen LogP contribution is -2.27. The van der Waals surface area contributed by atoms with Gasteiger partial charge in [0.1, 0.15) is 11.5 Å². The number of benzene rings is 1. The van der Waals surface area contributed by atoms with Crippen LogP contribution in [0.25, 0.3) is 17.4 Å². The molecule has 0 unspecified atom stereocenters. The normalized spacial score (nSPS) is 10.9. The Morgan fingerprint density at radius 2 is 2.05 bits per heavy atom. The highest BCUT2D eigenvalue weighted by Gasteiger charge is 2.08. The van der Waals surface area contributed by atoms with Gasteiger partial charge in [-0.15, -0.1) is 0 Å². The fourth-order valence-corrected chi connectivity index (χ4v) is 1.98. The Labute approximate surface area is 119 Å². The molecule has 0 aliphatic carbocycles.